The lowest BCUT2D eigenvalue weighted by Crippen LogP contribution is -2.51. The molecule has 46 heavy (non-hydrogen) atoms. The number of aliphatic hydroxyl groups excluding tert-OH is 1. The molecular weight excluding hydrogens is 581 g/mol. The average molecular weight is 630 g/mol. The van der Waals surface area contributed by atoms with E-state index in [4.69, 9.17) is 9.47 Å². The van der Waals surface area contributed by atoms with E-state index in [1.165, 1.54) is 0 Å². The summed E-state index contributed by atoms with van der Waals surface area (Å²) in [6.07, 6.45) is 4.36. The predicted molar refractivity (Wildman–Crippen MR) is 177 cm³/mol. The molecule has 0 spiro atoms. The van der Waals surface area contributed by atoms with Gasteiger partial charge in [0.25, 0.3) is 0 Å². The Morgan fingerprint density at radius 1 is 0.978 bits per heavy atom. The van der Waals surface area contributed by atoms with Crippen LogP contribution >= 0.6 is 0 Å². The second-order valence-electron chi connectivity index (χ2n) is 14.0. The smallest absolute Gasteiger partial charge is 0.227 e. The van der Waals surface area contributed by atoms with E-state index < -0.39 is 17.7 Å². The van der Waals surface area contributed by atoms with Crippen LogP contribution in [0.5, 0.6) is 17.2 Å². The summed E-state index contributed by atoms with van der Waals surface area (Å²) in [6.45, 7) is 3.27. The number of halogens is 1. The zero-order valence-electron chi connectivity index (χ0n) is 27.3. The number of aliphatic hydroxyl groups is 1. The monoisotopic (exact) mass is 629 g/mol. The molecule has 246 valence electrons. The number of carbonyl (C=O) groups is 1. The number of nitrogens with zero attached hydrogens (tertiary/aromatic N) is 1. The van der Waals surface area contributed by atoms with E-state index in [1.807, 2.05) is 53.4 Å². The third-order valence-electron chi connectivity index (χ3n) is 11.4. The third kappa shape index (κ3) is 6.35. The Hall–Kier alpha value is -3.58. The van der Waals surface area contributed by atoms with Gasteiger partial charge < -0.3 is 24.6 Å². The average Bonchev–Trinajstić information content (AvgIpc) is 3.35. The van der Waals surface area contributed by atoms with E-state index in [0.29, 0.717) is 31.0 Å². The van der Waals surface area contributed by atoms with Crippen LogP contribution in [0.15, 0.2) is 66.7 Å². The zero-order valence-corrected chi connectivity index (χ0v) is 27.3. The highest BCUT2D eigenvalue weighted by atomic mass is 19.1. The first-order valence-electron chi connectivity index (χ1n) is 16.9. The summed E-state index contributed by atoms with van der Waals surface area (Å²) in [5.74, 6) is 2.03. The summed E-state index contributed by atoms with van der Waals surface area (Å²) in [5, 5.41) is 21.3. The number of fused-ring (bicyclic) bond motifs is 5. The number of rotatable bonds is 11. The maximum atomic E-state index is 16.2. The lowest BCUT2D eigenvalue weighted by molar-refractivity contribution is -0.131. The standard InChI is InChI=1S/C39H48FNO5/c1-39-23-32(40)38-30-14-13-29(42)22-28(30)21-27(37(38)31(39)15-17-35(39)43)11-7-8-18-41(24-25-9-5-4-6-10-25)36(44)20-26-12-16-33(45-2)34(19-26)46-3/h4-6,9-10,12-14,16,19,22,27,31-32,35,37-38,42-43H,7-8,11,15,17-18,20-21,23-24H2,1-3H3/t27?,31?,32?,35?,37?,38?,39-/m0/s1. The predicted octanol–water partition coefficient (Wildman–Crippen LogP) is 7.24. The Bertz CT molecular complexity index is 1510. The summed E-state index contributed by atoms with van der Waals surface area (Å²) in [6, 6.07) is 21.1. The summed E-state index contributed by atoms with van der Waals surface area (Å²) in [7, 11) is 3.19. The Labute approximate surface area is 272 Å². The highest BCUT2D eigenvalue weighted by Crippen LogP contribution is 2.63. The normalized spacial score (nSPS) is 28.1. The molecule has 0 heterocycles. The number of unbranched alkanes of at least 4 members (excludes halogenated alkanes) is 1. The first-order valence-corrected chi connectivity index (χ1v) is 16.9. The highest BCUT2D eigenvalue weighted by molar-refractivity contribution is 5.79. The van der Waals surface area contributed by atoms with Crippen LogP contribution in [0.4, 0.5) is 4.39 Å². The molecule has 2 fully saturated rings. The van der Waals surface area contributed by atoms with Crippen molar-refractivity contribution in [3.63, 3.8) is 0 Å². The summed E-state index contributed by atoms with van der Waals surface area (Å²) >= 11 is 0. The molecule has 0 aliphatic heterocycles. The molecule has 0 radical (unpaired) electrons. The maximum absolute atomic E-state index is 16.2. The molecule has 0 saturated heterocycles. The van der Waals surface area contributed by atoms with Crippen molar-refractivity contribution in [1.82, 2.24) is 4.90 Å². The molecule has 3 aromatic rings. The van der Waals surface area contributed by atoms with E-state index in [1.54, 1.807) is 20.3 Å². The zero-order chi connectivity index (χ0) is 32.4. The fraction of sp³-hybridized carbons (Fsp3) is 0.513. The van der Waals surface area contributed by atoms with Crippen LogP contribution in [0.2, 0.25) is 0 Å². The largest absolute Gasteiger partial charge is 0.508 e. The van der Waals surface area contributed by atoms with Crippen LogP contribution in [0.1, 0.15) is 73.6 Å². The Kier molecular flexibility index (Phi) is 9.60. The molecule has 0 bridgehead atoms. The molecule has 7 heteroatoms. The first-order chi connectivity index (χ1) is 22.2. The highest BCUT2D eigenvalue weighted by Gasteiger charge is 2.59. The van der Waals surface area contributed by atoms with Gasteiger partial charge in [-0.1, -0.05) is 55.8 Å². The Morgan fingerprint density at radius 2 is 1.76 bits per heavy atom. The van der Waals surface area contributed by atoms with E-state index in [9.17, 15) is 15.0 Å². The molecular formula is C39H48FNO5. The number of alkyl halides is 1. The lowest BCUT2D eigenvalue weighted by atomic mass is 9.51. The number of carbonyl (C=O) groups excluding carboxylic acids is 1. The topological polar surface area (TPSA) is 79.2 Å². The van der Waals surface area contributed by atoms with Crippen molar-refractivity contribution in [2.45, 2.75) is 83.0 Å². The van der Waals surface area contributed by atoms with Crippen LogP contribution in [0.25, 0.3) is 0 Å². The second-order valence-corrected chi connectivity index (χ2v) is 14.0. The number of phenolic OH excluding ortho intramolecular Hbond substituents is 1. The van der Waals surface area contributed by atoms with Gasteiger partial charge in [0, 0.05) is 19.0 Å². The maximum Gasteiger partial charge on any atom is 0.227 e. The molecule has 6 rings (SSSR count). The van der Waals surface area contributed by atoms with E-state index in [-0.39, 0.29) is 41.7 Å². The first kappa shape index (κ1) is 32.4. The van der Waals surface area contributed by atoms with Crippen molar-refractivity contribution in [1.29, 1.82) is 0 Å². The van der Waals surface area contributed by atoms with Gasteiger partial charge >= 0.3 is 0 Å². The van der Waals surface area contributed by atoms with E-state index in [0.717, 1.165) is 60.8 Å². The van der Waals surface area contributed by atoms with Crippen LogP contribution in [-0.2, 0) is 24.2 Å². The van der Waals surface area contributed by atoms with E-state index >= 15 is 4.39 Å². The minimum Gasteiger partial charge on any atom is -0.508 e. The number of aromatic hydroxyl groups is 1. The second kappa shape index (κ2) is 13.6. The minimum atomic E-state index is -1.01. The fourth-order valence-corrected chi connectivity index (χ4v) is 9.12. The quantitative estimate of drug-likeness (QED) is 0.219. The SMILES string of the molecule is COc1ccc(CC(=O)N(CCCCC2Cc3cc(O)ccc3C3C(F)C[C@]4(C)C(O)CCC4C23)Cc2ccccc2)cc1OC. The van der Waals surface area contributed by atoms with Gasteiger partial charge in [-0.15, -0.1) is 0 Å². The van der Waals surface area contributed by atoms with Crippen molar-refractivity contribution < 1.29 is 28.9 Å². The fourth-order valence-electron chi connectivity index (χ4n) is 9.12. The molecule has 3 aliphatic rings. The van der Waals surface area contributed by atoms with Crippen molar-refractivity contribution in [2.75, 3.05) is 20.8 Å². The molecule has 3 aromatic carbocycles. The molecule has 6 unspecified atom stereocenters. The van der Waals surface area contributed by atoms with Gasteiger partial charge in [-0.2, -0.15) is 0 Å². The molecule has 2 saturated carbocycles. The van der Waals surface area contributed by atoms with Crippen LogP contribution in [-0.4, -0.2) is 54.1 Å². The van der Waals surface area contributed by atoms with Crippen LogP contribution in [0.3, 0.4) is 0 Å². The number of ether oxygens (including phenoxy) is 2. The van der Waals surface area contributed by atoms with Crippen molar-refractivity contribution in [3.8, 4) is 17.2 Å². The van der Waals surface area contributed by atoms with Gasteiger partial charge in [-0.25, -0.2) is 4.39 Å². The van der Waals surface area contributed by atoms with Crippen LogP contribution < -0.4 is 9.47 Å². The van der Waals surface area contributed by atoms with Gasteiger partial charge in [0.05, 0.1) is 26.7 Å². The Morgan fingerprint density at radius 3 is 2.52 bits per heavy atom. The summed E-state index contributed by atoms with van der Waals surface area (Å²) < 4.78 is 27.0. The summed E-state index contributed by atoms with van der Waals surface area (Å²) in [5.41, 5.74) is 3.67. The number of benzene rings is 3. The Balaban J connectivity index is 1.17. The van der Waals surface area contributed by atoms with E-state index in [2.05, 4.69) is 19.1 Å². The number of phenols is 1. The molecule has 7 atom stereocenters. The minimum absolute atomic E-state index is 0.0569. The van der Waals surface area contributed by atoms with Gasteiger partial charge in [0.2, 0.25) is 5.91 Å². The number of amides is 1. The molecule has 6 nitrogen and oxygen atoms in total. The van der Waals surface area contributed by atoms with Crippen molar-refractivity contribution >= 4 is 5.91 Å². The number of hydrogen-bond acceptors (Lipinski definition) is 5. The van der Waals surface area contributed by atoms with Gasteiger partial charge in [-0.3, -0.25) is 4.79 Å². The van der Waals surface area contributed by atoms with Crippen molar-refractivity contribution in [2.24, 2.45) is 23.2 Å². The van der Waals surface area contributed by atoms with Crippen LogP contribution in [0, 0.1) is 23.2 Å². The van der Waals surface area contributed by atoms with Crippen molar-refractivity contribution in [3.05, 3.63) is 89.0 Å². The summed E-state index contributed by atoms with van der Waals surface area (Å²) in [4.78, 5) is 15.7. The molecule has 3 aliphatic carbocycles. The molecule has 0 aromatic heterocycles. The third-order valence-corrected chi connectivity index (χ3v) is 11.4. The number of hydrogen-bond donors (Lipinski definition) is 2. The van der Waals surface area contributed by atoms with Gasteiger partial charge in [0.15, 0.2) is 11.5 Å². The molecule has 2 N–H and O–H groups in total. The lowest BCUT2D eigenvalue weighted by Gasteiger charge is -2.54. The van der Waals surface area contributed by atoms with Gasteiger partial charge in [0.1, 0.15) is 11.9 Å². The number of methoxy groups -OCH3 is 2. The molecule has 1 amide bonds. The van der Waals surface area contributed by atoms with Gasteiger partial charge in [-0.05, 0) is 108 Å².